The van der Waals surface area contributed by atoms with Crippen LogP contribution in [0.25, 0.3) is 0 Å². The number of rotatable bonds is 9. The molecule has 1 fully saturated rings. The number of methoxy groups -OCH3 is 2. The van der Waals surface area contributed by atoms with Gasteiger partial charge in [0.2, 0.25) is 0 Å². The van der Waals surface area contributed by atoms with Gasteiger partial charge in [-0.2, -0.15) is 0 Å². The molecule has 6 nitrogen and oxygen atoms in total. The second-order valence-electron chi connectivity index (χ2n) is 6.51. The number of carbonyl (C=O) groups excluding carboxylic acids is 2. The average Bonchev–Trinajstić information content (AvgIpc) is 2.65. The van der Waals surface area contributed by atoms with Crippen LogP contribution in [0.1, 0.15) is 37.7 Å². The highest BCUT2D eigenvalue weighted by Gasteiger charge is 2.32. The van der Waals surface area contributed by atoms with Crippen molar-refractivity contribution in [3.8, 4) is 5.75 Å². The van der Waals surface area contributed by atoms with Crippen molar-refractivity contribution >= 4 is 11.9 Å². The molecule has 0 aliphatic heterocycles. The van der Waals surface area contributed by atoms with Crippen molar-refractivity contribution in [2.45, 2.75) is 44.6 Å². The van der Waals surface area contributed by atoms with Crippen LogP contribution in [0.4, 0.5) is 0 Å². The molecule has 1 aromatic rings. The van der Waals surface area contributed by atoms with Gasteiger partial charge in [-0.25, -0.2) is 4.79 Å². The van der Waals surface area contributed by atoms with Crippen molar-refractivity contribution < 1.29 is 28.5 Å². The summed E-state index contributed by atoms with van der Waals surface area (Å²) in [7, 11) is 3.11. The predicted octanol–water partition coefficient (Wildman–Crippen LogP) is 2.92. The Balaban J connectivity index is 1.82. The lowest BCUT2D eigenvalue weighted by molar-refractivity contribution is -0.169. The van der Waals surface area contributed by atoms with Gasteiger partial charge in [0.1, 0.15) is 12.4 Å². The molecule has 0 radical (unpaired) electrons. The van der Waals surface area contributed by atoms with Crippen molar-refractivity contribution in [2.75, 3.05) is 27.4 Å². The van der Waals surface area contributed by atoms with Gasteiger partial charge in [0, 0.05) is 14.2 Å². The minimum absolute atomic E-state index is 0.0329. The van der Waals surface area contributed by atoms with Crippen molar-refractivity contribution in [1.29, 1.82) is 0 Å². The Hall–Kier alpha value is -1.92. The Morgan fingerprint density at radius 3 is 2.35 bits per heavy atom. The van der Waals surface area contributed by atoms with Gasteiger partial charge < -0.3 is 18.9 Å². The molecule has 2 rings (SSSR count). The largest absolute Gasteiger partial charge is 0.491 e. The lowest BCUT2D eigenvalue weighted by Gasteiger charge is -2.27. The third-order valence-electron chi connectivity index (χ3n) is 4.61. The fraction of sp³-hybridized carbons (Fsp3) is 0.600. The average molecular weight is 364 g/mol. The molecule has 144 valence electrons. The molecule has 0 spiro atoms. The zero-order valence-electron chi connectivity index (χ0n) is 15.6. The number of esters is 2. The summed E-state index contributed by atoms with van der Waals surface area (Å²) in [5.74, 6) is -0.311. The van der Waals surface area contributed by atoms with Gasteiger partial charge in [0.15, 0.2) is 6.10 Å². The molecule has 1 unspecified atom stereocenters. The summed E-state index contributed by atoms with van der Waals surface area (Å²) in [6.45, 7) is 0.976. The summed E-state index contributed by atoms with van der Waals surface area (Å²) in [5, 5.41) is 0. The van der Waals surface area contributed by atoms with E-state index in [-0.39, 0.29) is 12.3 Å². The number of ether oxygens (including phenoxy) is 4. The molecule has 1 aliphatic carbocycles. The van der Waals surface area contributed by atoms with E-state index in [1.54, 1.807) is 31.4 Å². The topological polar surface area (TPSA) is 71.1 Å². The Morgan fingerprint density at radius 1 is 1.04 bits per heavy atom. The van der Waals surface area contributed by atoms with Gasteiger partial charge in [0.05, 0.1) is 13.0 Å². The van der Waals surface area contributed by atoms with Crippen LogP contribution < -0.4 is 4.74 Å². The van der Waals surface area contributed by atoms with E-state index in [1.807, 2.05) is 0 Å². The van der Waals surface area contributed by atoms with Crippen LogP contribution in [0.15, 0.2) is 24.3 Å². The van der Waals surface area contributed by atoms with Gasteiger partial charge in [0.25, 0.3) is 0 Å². The molecule has 0 amide bonds. The Morgan fingerprint density at radius 2 is 1.73 bits per heavy atom. The number of hydrogen-bond donors (Lipinski definition) is 0. The standard InChI is InChI=1S/C20H28O6/c1-23-12-13-25-17-10-8-15(9-11-17)14-18(21)26-20(22)19(24-2)16-6-4-3-5-7-16/h8-11,16,19H,3-7,12-14H2,1-2H3. The highest BCUT2D eigenvalue weighted by molar-refractivity contribution is 5.89. The molecule has 1 saturated carbocycles. The van der Waals surface area contributed by atoms with E-state index in [0.29, 0.717) is 19.0 Å². The first kappa shape index (κ1) is 20.4. The Labute approximate surface area is 154 Å². The van der Waals surface area contributed by atoms with E-state index in [0.717, 1.165) is 31.2 Å². The minimum atomic E-state index is -0.657. The predicted molar refractivity (Wildman–Crippen MR) is 96.0 cm³/mol. The molecule has 0 aromatic heterocycles. The summed E-state index contributed by atoms with van der Waals surface area (Å²) >= 11 is 0. The van der Waals surface area contributed by atoms with E-state index >= 15 is 0 Å². The maximum atomic E-state index is 12.3. The summed E-state index contributed by atoms with van der Waals surface area (Å²) in [6.07, 6.45) is 4.61. The summed E-state index contributed by atoms with van der Waals surface area (Å²) in [6, 6.07) is 7.12. The van der Waals surface area contributed by atoms with E-state index in [2.05, 4.69) is 0 Å². The molecular weight excluding hydrogens is 336 g/mol. The Bertz CT molecular complexity index is 562. The minimum Gasteiger partial charge on any atom is -0.491 e. The lowest BCUT2D eigenvalue weighted by atomic mass is 9.85. The fourth-order valence-corrected chi connectivity index (χ4v) is 3.24. The quantitative estimate of drug-likeness (QED) is 0.381. The molecule has 1 aromatic carbocycles. The van der Waals surface area contributed by atoms with Gasteiger partial charge in [-0.05, 0) is 36.5 Å². The smallest absolute Gasteiger partial charge is 0.343 e. The highest BCUT2D eigenvalue weighted by atomic mass is 16.6. The summed E-state index contributed by atoms with van der Waals surface area (Å²) in [4.78, 5) is 24.4. The van der Waals surface area contributed by atoms with Crippen molar-refractivity contribution in [3.63, 3.8) is 0 Å². The van der Waals surface area contributed by atoms with Gasteiger partial charge in [-0.1, -0.05) is 31.4 Å². The second kappa shape index (κ2) is 10.9. The molecule has 1 aliphatic rings. The van der Waals surface area contributed by atoms with Gasteiger partial charge in [-0.3, -0.25) is 4.79 Å². The van der Waals surface area contributed by atoms with E-state index < -0.39 is 18.0 Å². The van der Waals surface area contributed by atoms with E-state index in [9.17, 15) is 9.59 Å². The van der Waals surface area contributed by atoms with Crippen molar-refractivity contribution in [2.24, 2.45) is 5.92 Å². The number of hydrogen-bond acceptors (Lipinski definition) is 6. The molecule has 1 atom stereocenters. The van der Waals surface area contributed by atoms with E-state index in [4.69, 9.17) is 18.9 Å². The summed E-state index contributed by atoms with van der Waals surface area (Å²) < 4.78 is 20.7. The molecule has 26 heavy (non-hydrogen) atoms. The normalized spacial score (nSPS) is 16.1. The zero-order valence-corrected chi connectivity index (χ0v) is 15.6. The van der Waals surface area contributed by atoms with Crippen LogP contribution in [0.5, 0.6) is 5.75 Å². The van der Waals surface area contributed by atoms with Crippen molar-refractivity contribution in [1.82, 2.24) is 0 Å². The van der Waals surface area contributed by atoms with E-state index in [1.165, 1.54) is 13.5 Å². The number of carbonyl (C=O) groups is 2. The van der Waals surface area contributed by atoms with Crippen LogP contribution in [-0.4, -0.2) is 45.5 Å². The molecule has 0 bridgehead atoms. The fourth-order valence-electron chi connectivity index (χ4n) is 3.24. The van der Waals surface area contributed by atoms with Crippen LogP contribution in [0.3, 0.4) is 0 Å². The second-order valence-corrected chi connectivity index (χ2v) is 6.51. The third-order valence-corrected chi connectivity index (χ3v) is 4.61. The summed E-state index contributed by atoms with van der Waals surface area (Å²) in [5.41, 5.74) is 0.758. The SMILES string of the molecule is COCCOc1ccc(CC(=O)OC(=O)C(OC)C2CCCCC2)cc1. The monoisotopic (exact) mass is 364 g/mol. The zero-order chi connectivity index (χ0) is 18.8. The maximum Gasteiger partial charge on any atom is 0.343 e. The first-order valence-corrected chi connectivity index (χ1v) is 9.12. The van der Waals surface area contributed by atoms with Crippen LogP contribution in [0.2, 0.25) is 0 Å². The Kier molecular flexibility index (Phi) is 8.58. The molecule has 0 N–H and O–H groups in total. The molecule has 0 heterocycles. The van der Waals surface area contributed by atoms with Gasteiger partial charge in [-0.15, -0.1) is 0 Å². The first-order chi connectivity index (χ1) is 12.6. The molecule has 0 saturated heterocycles. The maximum absolute atomic E-state index is 12.3. The van der Waals surface area contributed by atoms with Gasteiger partial charge >= 0.3 is 11.9 Å². The third kappa shape index (κ3) is 6.42. The van der Waals surface area contributed by atoms with Crippen LogP contribution in [0, 0.1) is 5.92 Å². The lowest BCUT2D eigenvalue weighted by Crippen LogP contribution is -2.36. The molecular formula is C20H28O6. The van der Waals surface area contributed by atoms with Crippen LogP contribution >= 0.6 is 0 Å². The molecule has 6 heteroatoms. The first-order valence-electron chi connectivity index (χ1n) is 9.12. The highest BCUT2D eigenvalue weighted by Crippen LogP contribution is 2.28. The van der Waals surface area contributed by atoms with Crippen LogP contribution in [-0.2, 0) is 30.2 Å². The number of benzene rings is 1. The van der Waals surface area contributed by atoms with Crippen molar-refractivity contribution in [3.05, 3.63) is 29.8 Å².